The molecule has 5 heteroatoms. The van der Waals surface area contributed by atoms with Gasteiger partial charge < -0.3 is 10.2 Å². The first-order chi connectivity index (χ1) is 11.0. The Labute approximate surface area is 141 Å². The highest BCUT2D eigenvalue weighted by atomic mass is 32.1. The molecule has 1 aliphatic rings. The van der Waals surface area contributed by atoms with E-state index in [2.05, 4.69) is 49.3 Å². The number of nitrogens with zero attached hydrogens (tertiary/aromatic N) is 2. The molecule has 1 saturated heterocycles. The summed E-state index contributed by atoms with van der Waals surface area (Å²) in [6.45, 7) is 7.95. The minimum absolute atomic E-state index is 0.173. The molecule has 0 spiro atoms. The Bertz CT molecular complexity index is 697. The van der Waals surface area contributed by atoms with Crippen molar-refractivity contribution in [2.75, 3.05) is 13.1 Å². The van der Waals surface area contributed by atoms with E-state index in [4.69, 9.17) is 0 Å². The maximum atomic E-state index is 12.6. The Morgan fingerprint density at radius 3 is 3.04 bits per heavy atom. The number of aryl methyl sites for hydroxylation is 1. The molecular weight excluding hydrogens is 306 g/mol. The average Bonchev–Trinajstić information content (AvgIpc) is 2.98. The third-order valence-corrected chi connectivity index (χ3v) is 5.44. The van der Waals surface area contributed by atoms with Crippen LogP contribution < -0.4 is 5.32 Å². The highest BCUT2D eigenvalue weighted by Crippen LogP contribution is 2.25. The lowest BCUT2D eigenvalue weighted by Gasteiger charge is -2.38. The molecule has 2 atom stereocenters. The van der Waals surface area contributed by atoms with Gasteiger partial charge in [-0.1, -0.05) is 23.8 Å². The molecule has 1 N–H and O–H groups in total. The maximum absolute atomic E-state index is 12.6. The molecule has 1 aliphatic heterocycles. The van der Waals surface area contributed by atoms with E-state index in [-0.39, 0.29) is 11.9 Å². The summed E-state index contributed by atoms with van der Waals surface area (Å²) in [6.07, 6.45) is 0.388. The van der Waals surface area contributed by atoms with Crippen molar-refractivity contribution < 1.29 is 4.79 Å². The van der Waals surface area contributed by atoms with Crippen molar-refractivity contribution in [1.82, 2.24) is 15.2 Å². The number of thiazole rings is 1. The van der Waals surface area contributed by atoms with Crippen molar-refractivity contribution in [2.45, 2.75) is 39.3 Å². The Hall–Kier alpha value is -1.72. The van der Waals surface area contributed by atoms with Crippen LogP contribution in [0.4, 0.5) is 0 Å². The third-order valence-electron chi connectivity index (χ3n) is 4.50. The second kappa shape index (κ2) is 6.81. The Balaban J connectivity index is 1.70. The number of piperazine rings is 1. The van der Waals surface area contributed by atoms with Crippen LogP contribution in [0.15, 0.2) is 29.6 Å². The van der Waals surface area contributed by atoms with Crippen LogP contribution in [0.5, 0.6) is 0 Å². The zero-order valence-electron chi connectivity index (χ0n) is 13.9. The quantitative estimate of drug-likeness (QED) is 0.942. The van der Waals surface area contributed by atoms with Gasteiger partial charge in [-0.25, -0.2) is 4.98 Å². The van der Waals surface area contributed by atoms with E-state index in [0.29, 0.717) is 12.5 Å². The van der Waals surface area contributed by atoms with E-state index in [0.717, 1.165) is 29.4 Å². The first-order valence-corrected chi connectivity index (χ1v) is 8.97. The van der Waals surface area contributed by atoms with E-state index in [1.807, 2.05) is 16.3 Å². The van der Waals surface area contributed by atoms with Crippen molar-refractivity contribution in [3.05, 3.63) is 40.9 Å². The molecule has 0 radical (unpaired) electrons. The molecular formula is C18H23N3OS. The molecule has 2 unspecified atom stereocenters. The molecule has 4 nitrogen and oxygen atoms in total. The second-order valence-electron chi connectivity index (χ2n) is 6.26. The van der Waals surface area contributed by atoms with Crippen LogP contribution in [0.25, 0.3) is 10.6 Å². The molecule has 1 amide bonds. The van der Waals surface area contributed by atoms with Gasteiger partial charge in [-0.3, -0.25) is 4.79 Å². The molecule has 0 aliphatic carbocycles. The van der Waals surface area contributed by atoms with Crippen LogP contribution in [-0.4, -0.2) is 41.0 Å². The predicted octanol–water partition coefficient (Wildman–Crippen LogP) is 2.87. The molecule has 23 heavy (non-hydrogen) atoms. The Kier molecular flexibility index (Phi) is 4.78. The van der Waals surface area contributed by atoms with Gasteiger partial charge in [0.25, 0.3) is 0 Å². The summed E-state index contributed by atoms with van der Waals surface area (Å²) in [5.74, 6) is 0.173. The number of rotatable bonds is 3. The van der Waals surface area contributed by atoms with Gasteiger partial charge in [0.1, 0.15) is 5.01 Å². The van der Waals surface area contributed by atoms with Gasteiger partial charge in [0.15, 0.2) is 0 Å². The van der Waals surface area contributed by atoms with Crippen molar-refractivity contribution in [3.63, 3.8) is 0 Å². The van der Waals surface area contributed by atoms with Crippen molar-refractivity contribution in [3.8, 4) is 10.6 Å². The van der Waals surface area contributed by atoms with Gasteiger partial charge in [0, 0.05) is 36.1 Å². The lowest BCUT2D eigenvalue weighted by molar-refractivity contribution is -0.134. The topological polar surface area (TPSA) is 45.2 Å². The fraction of sp³-hybridized carbons (Fsp3) is 0.444. The predicted molar refractivity (Wildman–Crippen MR) is 94.6 cm³/mol. The third kappa shape index (κ3) is 3.62. The Morgan fingerprint density at radius 2 is 2.26 bits per heavy atom. The van der Waals surface area contributed by atoms with Gasteiger partial charge in [0.2, 0.25) is 5.91 Å². The van der Waals surface area contributed by atoms with Gasteiger partial charge in [-0.05, 0) is 26.8 Å². The normalized spacial score (nSPS) is 21.4. The van der Waals surface area contributed by atoms with E-state index in [1.54, 1.807) is 11.3 Å². The van der Waals surface area contributed by atoms with E-state index >= 15 is 0 Å². The number of carbonyl (C=O) groups excluding carboxylic acids is 1. The molecule has 2 heterocycles. The number of nitrogens with one attached hydrogen (secondary N) is 1. The lowest BCUT2D eigenvalue weighted by Crippen LogP contribution is -2.57. The van der Waals surface area contributed by atoms with Gasteiger partial charge in [-0.2, -0.15) is 0 Å². The highest BCUT2D eigenvalue weighted by molar-refractivity contribution is 7.13. The molecule has 0 bridgehead atoms. The van der Waals surface area contributed by atoms with Crippen LogP contribution >= 0.6 is 11.3 Å². The number of benzene rings is 1. The van der Waals surface area contributed by atoms with Crippen molar-refractivity contribution in [1.29, 1.82) is 0 Å². The molecule has 1 aromatic heterocycles. The van der Waals surface area contributed by atoms with Gasteiger partial charge in [-0.15, -0.1) is 11.3 Å². The van der Waals surface area contributed by atoms with Crippen molar-refractivity contribution in [2.24, 2.45) is 0 Å². The fourth-order valence-corrected chi connectivity index (χ4v) is 3.78. The molecule has 122 valence electrons. The zero-order chi connectivity index (χ0) is 16.4. The molecule has 0 saturated carbocycles. The first kappa shape index (κ1) is 16.1. The van der Waals surface area contributed by atoms with E-state index in [1.165, 1.54) is 5.56 Å². The summed E-state index contributed by atoms with van der Waals surface area (Å²) in [4.78, 5) is 19.2. The van der Waals surface area contributed by atoms with E-state index < -0.39 is 0 Å². The summed E-state index contributed by atoms with van der Waals surface area (Å²) in [6, 6.07) is 8.88. The monoisotopic (exact) mass is 329 g/mol. The van der Waals surface area contributed by atoms with Crippen LogP contribution in [0.1, 0.15) is 25.1 Å². The maximum Gasteiger partial charge on any atom is 0.228 e. The summed E-state index contributed by atoms with van der Waals surface area (Å²) in [7, 11) is 0. The second-order valence-corrected chi connectivity index (χ2v) is 7.12. The Morgan fingerprint density at radius 1 is 1.43 bits per heavy atom. The fourth-order valence-electron chi connectivity index (χ4n) is 2.96. The SMILES string of the molecule is Cc1cccc(-c2nc(CC(=O)N3CCNC(C)C3C)cs2)c1. The number of aromatic nitrogens is 1. The van der Waals surface area contributed by atoms with Crippen LogP contribution in [-0.2, 0) is 11.2 Å². The molecule has 1 fully saturated rings. The van der Waals surface area contributed by atoms with Crippen LogP contribution in [0, 0.1) is 6.92 Å². The van der Waals surface area contributed by atoms with E-state index in [9.17, 15) is 4.79 Å². The number of amides is 1. The lowest BCUT2D eigenvalue weighted by atomic mass is 10.1. The minimum atomic E-state index is 0.173. The largest absolute Gasteiger partial charge is 0.337 e. The smallest absolute Gasteiger partial charge is 0.228 e. The molecule has 3 rings (SSSR count). The van der Waals surface area contributed by atoms with Gasteiger partial charge in [0.05, 0.1) is 12.1 Å². The summed E-state index contributed by atoms with van der Waals surface area (Å²) in [5, 5.41) is 6.39. The minimum Gasteiger partial charge on any atom is -0.337 e. The number of carbonyl (C=O) groups is 1. The molecule has 1 aromatic carbocycles. The summed E-state index contributed by atoms with van der Waals surface area (Å²) in [5.41, 5.74) is 3.21. The van der Waals surface area contributed by atoms with Crippen LogP contribution in [0.2, 0.25) is 0 Å². The number of hydrogen-bond donors (Lipinski definition) is 1. The van der Waals surface area contributed by atoms with Gasteiger partial charge >= 0.3 is 0 Å². The first-order valence-electron chi connectivity index (χ1n) is 8.09. The molecule has 2 aromatic rings. The highest BCUT2D eigenvalue weighted by Gasteiger charge is 2.28. The number of hydrogen-bond acceptors (Lipinski definition) is 4. The standard InChI is InChI=1S/C18H23N3OS/c1-12-5-4-6-15(9-12)18-20-16(11-23-18)10-17(22)21-8-7-19-13(2)14(21)3/h4-6,9,11,13-14,19H,7-8,10H2,1-3H3. The zero-order valence-corrected chi connectivity index (χ0v) is 14.7. The van der Waals surface area contributed by atoms with Crippen LogP contribution in [0.3, 0.4) is 0 Å². The average molecular weight is 329 g/mol. The summed E-state index contributed by atoms with van der Waals surface area (Å²) < 4.78 is 0. The summed E-state index contributed by atoms with van der Waals surface area (Å²) >= 11 is 1.61. The van der Waals surface area contributed by atoms with Crippen molar-refractivity contribution >= 4 is 17.2 Å².